The van der Waals surface area contributed by atoms with Gasteiger partial charge in [0.15, 0.2) is 23.2 Å². The smallest absolute Gasteiger partial charge is 0.316 e. The van der Waals surface area contributed by atoms with Gasteiger partial charge in [-0.3, -0.25) is 9.59 Å². The Morgan fingerprint density at radius 1 is 1.25 bits per heavy atom. The summed E-state index contributed by atoms with van der Waals surface area (Å²) in [5.74, 6) is -7.56. The normalized spacial score (nSPS) is 12.1. The molecule has 110 valence electrons. The van der Waals surface area contributed by atoms with Gasteiger partial charge in [0.2, 0.25) is 0 Å². The largest absolute Gasteiger partial charge is 0.465 e. The Morgan fingerprint density at radius 2 is 1.85 bits per heavy atom. The molecule has 1 unspecified atom stereocenters. The predicted molar refractivity (Wildman–Crippen MR) is 66.1 cm³/mol. The van der Waals surface area contributed by atoms with Crippen LogP contribution in [0.4, 0.5) is 13.2 Å². The Kier molecular flexibility index (Phi) is 5.56. The summed E-state index contributed by atoms with van der Waals surface area (Å²) >= 11 is 5.26. The van der Waals surface area contributed by atoms with Crippen LogP contribution in [0.3, 0.4) is 0 Å². The van der Waals surface area contributed by atoms with E-state index in [1.54, 1.807) is 6.92 Å². The van der Waals surface area contributed by atoms with Gasteiger partial charge in [-0.1, -0.05) is 18.5 Å². The van der Waals surface area contributed by atoms with Crippen LogP contribution in [0.2, 0.25) is 5.02 Å². The second-order valence-corrected chi connectivity index (χ2v) is 4.30. The van der Waals surface area contributed by atoms with E-state index < -0.39 is 45.7 Å². The molecule has 7 heteroatoms. The van der Waals surface area contributed by atoms with Crippen LogP contribution in [0.15, 0.2) is 6.07 Å². The summed E-state index contributed by atoms with van der Waals surface area (Å²) in [5.41, 5.74) is -0.770. The molecule has 1 aromatic rings. The van der Waals surface area contributed by atoms with Crippen molar-refractivity contribution in [2.75, 3.05) is 6.61 Å². The molecule has 0 aliphatic rings. The van der Waals surface area contributed by atoms with Gasteiger partial charge in [-0.15, -0.1) is 0 Å². The van der Waals surface area contributed by atoms with Crippen molar-refractivity contribution in [1.82, 2.24) is 0 Å². The van der Waals surface area contributed by atoms with Gasteiger partial charge in [0.25, 0.3) is 0 Å². The van der Waals surface area contributed by atoms with E-state index >= 15 is 0 Å². The van der Waals surface area contributed by atoms with Gasteiger partial charge >= 0.3 is 5.97 Å². The monoisotopic (exact) mass is 308 g/mol. The lowest BCUT2D eigenvalue weighted by atomic mass is 9.95. The van der Waals surface area contributed by atoms with Crippen molar-refractivity contribution in [2.45, 2.75) is 20.3 Å². The number of benzene rings is 1. The summed E-state index contributed by atoms with van der Waals surface area (Å²) in [5, 5.41) is -1.12. The van der Waals surface area contributed by atoms with E-state index in [9.17, 15) is 22.8 Å². The molecule has 0 radical (unpaired) electrons. The molecule has 0 saturated carbocycles. The second-order valence-electron chi connectivity index (χ2n) is 3.93. The fourth-order valence-electron chi connectivity index (χ4n) is 1.64. The number of ether oxygens (including phenoxy) is 1. The number of hydrogen-bond donors (Lipinski definition) is 0. The van der Waals surface area contributed by atoms with Crippen LogP contribution in [0, 0.1) is 23.4 Å². The van der Waals surface area contributed by atoms with E-state index in [2.05, 4.69) is 4.74 Å². The summed E-state index contributed by atoms with van der Waals surface area (Å²) in [7, 11) is 0. The van der Waals surface area contributed by atoms with Crippen molar-refractivity contribution in [2.24, 2.45) is 5.92 Å². The molecule has 0 amide bonds. The van der Waals surface area contributed by atoms with Gasteiger partial charge in [-0.25, -0.2) is 13.2 Å². The number of halogens is 4. The first-order valence-corrected chi connectivity index (χ1v) is 6.26. The zero-order valence-corrected chi connectivity index (χ0v) is 11.6. The lowest BCUT2D eigenvalue weighted by molar-refractivity contribution is -0.146. The van der Waals surface area contributed by atoms with Gasteiger partial charge in [-0.2, -0.15) is 0 Å². The average molecular weight is 309 g/mol. The summed E-state index contributed by atoms with van der Waals surface area (Å²) < 4.78 is 44.7. The minimum absolute atomic E-state index is 0.0354. The van der Waals surface area contributed by atoms with E-state index in [0.29, 0.717) is 6.07 Å². The Balaban J connectivity index is 3.23. The van der Waals surface area contributed by atoms with Crippen LogP contribution in [-0.2, 0) is 9.53 Å². The molecule has 1 atom stereocenters. The maximum atomic E-state index is 13.7. The lowest BCUT2D eigenvalue weighted by Crippen LogP contribution is -2.26. The number of hydrogen-bond acceptors (Lipinski definition) is 3. The van der Waals surface area contributed by atoms with Crippen molar-refractivity contribution in [3.8, 4) is 0 Å². The van der Waals surface area contributed by atoms with Crippen molar-refractivity contribution in [1.29, 1.82) is 0 Å². The van der Waals surface area contributed by atoms with Gasteiger partial charge in [-0.05, 0) is 19.4 Å². The lowest BCUT2D eigenvalue weighted by Gasteiger charge is -2.13. The summed E-state index contributed by atoms with van der Waals surface area (Å²) in [6.07, 6.45) is 0.0354. The molecule has 0 heterocycles. The number of esters is 1. The molecular formula is C13H12ClF3O3. The molecule has 0 aromatic heterocycles. The third-order valence-electron chi connectivity index (χ3n) is 2.66. The average Bonchev–Trinajstić information content (AvgIpc) is 2.41. The van der Waals surface area contributed by atoms with Crippen molar-refractivity contribution in [3.63, 3.8) is 0 Å². The molecular weight excluding hydrogens is 297 g/mol. The third kappa shape index (κ3) is 3.12. The standard InChI is InChI=1S/C13H12ClF3O3/c1-3-6(13(19)20-4-2)12(18)7-5-8(15)11(17)9(14)10(7)16/h5-6H,3-4H2,1-2H3. The number of Topliss-reactive ketones (excluding diaryl/α,β-unsaturated/α-hetero) is 1. The first-order chi connectivity index (χ1) is 9.34. The predicted octanol–water partition coefficient (Wildman–Crippen LogP) is 3.53. The fourth-order valence-corrected chi connectivity index (χ4v) is 1.83. The SMILES string of the molecule is CCOC(=O)C(CC)C(=O)c1cc(F)c(F)c(Cl)c1F. The van der Waals surface area contributed by atoms with E-state index in [0.717, 1.165) is 0 Å². The number of carbonyl (C=O) groups is 2. The Bertz CT molecular complexity index is 546. The van der Waals surface area contributed by atoms with Gasteiger partial charge in [0.05, 0.1) is 12.2 Å². The van der Waals surface area contributed by atoms with E-state index in [1.807, 2.05) is 0 Å². The first kappa shape index (κ1) is 16.5. The maximum absolute atomic E-state index is 13.7. The molecule has 0 aliphatic heterocycles. The van der Waals surface area contributed by atoms with E-state index in [-0.39, 0.29) is 13.0 Å². The van der Waals surface area contributed by atoms with E-state index in [4.69, 9.17) is 11.6 Å². The quantitative estimate of drug-likeness (QED) is 0.275. The zero-order chi connectivity index (χ0) is 15.4. The van der Waals surface area contributed by atoms with Crippen molar-refractivity contribution < 1.29 is 27.5 Å². The maximum Gasteiger partial charge on any atom is 0.316 e. The Morgan fingerprint density at radius 3 is 2.35 bits per heavy atom. The number of rotatable bonds is 5. The summed E-state index contributed by atoms with van der Waals surface area (Å²) in [6, 6.07) is 0.390. The highest BCUT2D eigenvalue weighted by atomic mass is 35.5. The summed E-state index contributed by atoms with van der Waals surface area (Å²) in [4.78, 5) is 23.6. The van der Waals surface area contributed by atoms with Crippen LogP contribution < -0.4 is 0 Å². The molecule has 0 N–H and O–H groups in total. The second kappa shape index (κ2) is 6.74. The molecule has 1 aromatic carbocycles. The minimum Gasteiger partial charge on any atom is -0.465 e. The van der Waals surface area contributed by atoms with Crippen LogP contribution in [0.1, 0.15) is 30.6 Å². The Labute approximate surface area is 118 Å². The topological polar surface area (TPSA) is 43.4 Å². The van der Waals surface area contributed by atoms with Gasteiger partial charge < -0.3 is 4.74 Å². The molecule has 1 rings (SSSR count). The molecule has 0 spiro atoms. The zero-order valence-electron chi connectivity index (χ0n) is 10.8. The molecule has 0 fully saturated rings. The molecule has 3 nitrogen and oxygen atoms in total. The van der Waals surface area contributed by atoms with Crippen molar-refractivity contribution >= 4 is 23.4 Å². The molecule has 0 bridgehead atoms. The van der Waals surface area contributed by atoms with Crippen LogP contribution in [0.25, 0.3) is 0 Å². The van der Waals surface area contributed by atoms with Crippen LogP contribution >= 0.6 is 11.6 Å². The van der Waals surface area contributed by atoms with Gasteiger partial charge in [0, 0.05) is 0 Å². The first-order valence-electron chi connectivity index (χ1n) is 5.88. The molecule has 0 saturated heterocycles. The molecule has 20 heavy (non-hydrogen) atoms. The van der Waals surface area contributed by atoms with E-state index in [1.165, 1.54) is 6.92 Å². The fraction of sp³-hybridized carbons (Fsp3) is 0.385. The van der Waals surface area contributed by atoms with Crippen LogP contribution in [-0.4, -0.2) is 18.4 Å². The summed E-state index contributed by atoms with van der Waals surface area (Å²) in [6.45, 7) is 3.10. The number of carbonyl (C=O) groups excluding carboxylic acids is 2. The highest BCUT2D eigenvalue weighted by Crippen LogP contribution is 2.27. The highest BCUT2D eigenvalue weighted by Gasteiger charge is 2.31. The third-order valence-corrected chi connectivity index (χ3v) is 3.00. The highest BCUT2D eigenvalue weighted by molar-refractivity contribution is 6.31. The minimum atomic E-state index is -1.58. The molecule has 0 aliphatic carbocycles. The van der Waals surface area contributed by atoms with Crippen molar-refractivity contribution in [3.05, 3.63) is 34.1 Å². The van der Waals surface area contributed by atoms with Crippen LogP contribution in [0.5, 0.6) is 0 Å². The van der Waals surface area contributed by atoms with Gasteiger partial charge in [0.1, 0.15) is 10.9 Å². The Hall–Kier alpha value is -1.56. The number of ketones is 1.